The molecule has 0 aromatic rings. The highest BCUT2D eigenvalue weighted by Gasteiger charge is 2.23. The molecule has 1 saturated carbocycles. The minimum Gasteiger partial charge on any atom is -0.271 e. The SMILES string of the molecule is CCC(CC)C(CC1CCCC1)NN. The number of nitrogens with two attached hydrogens (primary N) is 1. The number of hydrazine groups is 1. The van der Waals surface area contributed by atoms with Crippen molar-refractivity contribution >= 4 is 0 Å². The van der Waals surface area contributed by atoms with E-state index in [-0.39, 0.29) is 0 Å². The lowest BCUT2D eigenvalue weighted by Gasteiger charge is -2.27. The van der Waals surface area contributed by atoms with E-state index in [0.29, 0.717) is 6.04 Å². The second-order valence-electron chi connectivity index (χ2n) is 4.74. The van der Waals surface area contributed by atoms with Crippen molar-refractivity contribution < 1.29 is 0 Å². The van der Waals surface area contributed by atoms with Crippen LogP contribution in [0.1, 0.15) is 58.8 Å². The van der Waals surface area contributed by atoms with Crippen LogP contribution in [0.2, 0.25) is 0 Å². The molecule has 1 rings (SSSR count). The lowest BCUT2D eigenvalue weighted by atomic mass is 9.87. The maximum absolute atomic E-state index is 5.65. The van der Waals surface area contributed by atoms with Crippen LogP contribution < -0.4 is 11.3 Å². The van der Waals surface area contributed by atoms with Crippen molar-refractivity contribution in [3.05, 3.63) is 0 Å². The number of hydrogen-bond acceptors (Lipinski definition) is 2. The van der Waals surface area contributed by atoms with Crippen LogP contribution >= 0.6 is 0 Å². The summed E-state index contributed by atoms with van der Waals surface area (Å²) in [5.41, 5.74) is 3.03. The van der Waals surface area contributed by atoms with E-state index in [9.17, 15) is 0 Å². The van der Waals surface area contributed by atoms with Gasteiger partial charge in [-0.1, -0.05) is 52.4 Å². The summed E-state index contributed by atoms with van der Waals surface area (Å²) in [4.78, 5) is 0. The molecule has 84 valence electrons. The van der Waals surface area contributed by atoms with Gasteiger partial charge in [0.15, 0.2) is 0 Å². The molecule has 1 atom stereocenters. The van der Waals surface area contributed by atoms with Crippen molar-refractivity contribution in [2.75, 3.05) is 0 Å². The molecule has 1 fully saturated rings. The average molecular weight is 198 g/mol. The molecule has 1 aliphatic rings. The summed E-state index contributed by atoms with van der Waals surface area (Å²) in [6.45, 7) is 4.54. The Kier molecular flexibility index (Phi) is 5.49. The Balaban J connectivity index is 2.35. The van der Waals surface area contributed by atoms with Gasteiger partial charge < -0.3 is 0 Å². The molecule has 3 N–H and O–H groups in total. The number of rotatable bonds is 6. The van der Waals surface area contributed by atoms with Crippen LogP contribution in [0.15, 0.2) is 0 Å². The molecular formula is C12H26N2. The van der Waals surface area contributed by atoms with Gasteiger partial charge in [-0.05, 0) is 18.3 Å². The fraction of sp³-hybridized carbons (Fsp3) is 1.00. The molecule has 1 aliphatic carbocycles. The molecule has 2 nitrogen and oxygen atoms in total. The van der Waals surface area contributed by atoms with E-state index in [0.717, 1.165) is 11.8 Å². The zero-order valence-corrected chi connectivity index (χ0v) is 9.76. The highest BCUT2D eigenvalue weighted by molar-refractivity contribution is 4.78. The average Bonchev–Trinajstić information content (AvgIpc) is 2.70. The molecule has 0 radical (unpaired) electrons. The third kappa shape index (κ3) is 3.25. The first-order valence-corrected chi connectivity index (χ1v) is 6.27. The van der Waals surface area contributed by atoms with Crippen LogP contribution in [-0.2, 0) is 0 Å². The summed E-state index contributed by atoms with van der Waals surface area (Å²) in [5.74, 6) is 7.36. The second-order valence-corrected chi connectivity index (χ2v) is 4.74. The van der Waals surface area contributed by atoms with E-state index < -0.39 is 0 Å². The summed E-state index contributed by atoms with van der Waals surface area (Å²) in [6, 6.07) is 0.549. The summed E-state index contributed by atoms with van der Waals surface area (Å²) in [6.07, 6.45) is 9.52. The van der Waals surface area contributed by atoms with Crippen LogP contribution in [0.4, 0.5) is 0 Å². The van der Waals surface area contributed by atoms with Crippen LogP contribution in [0.25, 0.3) is 0 Å². The monoisotopic (exact) mass is 198 g/mol. The minimum atomic E-state index is 0.549. The Morgan fingerprint density at radius 2 is 1.79 bits per heavy atom. The minimum absolute atomic E-state index is 0.549. The van der Waals surface area contributed by atoms with E-state index in [2.05, 4.69) is 19.3 Å². The van der Waals surface area contributed by atoms with Gasteiger partial charge in [-0.2, -0.15) is 0 Å². The zero-order valence-electron chi connectivity index (χ0n) is 9.76. The van der Waals surface area contributed by atoms with E-state index >= 15 is 0 Å². The Labute approximate surface area is 88.6 Å². The highest BCUT2D eigenvalue weighted by atomic mass is 15.2. The number of hydrogen-bond donors (Lipinski definition) is 2. The first kappa shape index (κ1) is 12.0. The van der Waals surface area contributed by atoms with Crippen molar-refractivity contribution in [2.45, 2.75) is 64.8 Å². The van der Waals surface area contributed by atoms with Gasteiger partial charge in [-0.15, -0.1) is 0 Å². The predicted octanol–water partition coefficient (Wildman–Crippen LogP) is 2.83. The molecule has 0 aromatic carbocycles. The maximum atomic E-state index is 5.65. The van der Waals surface area contributed by atoms with E-state index in [1.165, 1.54) is 44.9 Å². The molecule has 2 heteroatoms. The van der Waals surface area contributed by atoms with Gasteiger partial charge in [0.2, 0.25) is 0 Å². The first-order valence-electron chi connectivity index (χ1n) is 6.27. The second kappa shape index (κ2) is 6.41. The number of nitrogens with one attached hydrogen (secondary N) is 1. The predicted molar refractivity (Wildman–Crippen MR) is 61.8 cm³/mol. The van der Waals surface area contributed by atoms with Crippen LogP contribution in [0.3, 0.4) is 0 Å². The maximum Gasteiger partial charge on any atom is 0.0241 e. The molecule has 0 aromatic heterocycles. The van der Waals surface area contributed by atoms with Crippen molar-refractivity contribution in [2.24, 2.45) is 17.7 Å². The summed E-state index contributed by atoms with van der Waals surface area (Å²) in [7, 11) is 0. The van der Waals surface area contributed by atoms with Gasteiger partial charge in [0.1, 0.15) is 0 Å². The Morgan fingerprint density at radius 1 is 1.21 bits per heavy atom. The third-order valence-corrected chi connectivity index (χ3v) is 3.89. The van der Waals surface area contributed by atoms with Crippen molar-refractivity contribution in [1.82, 2.24) is 5.43 Å². The topological polar surface area (TPSA) is 38.0 Å². The van der Waals surface area contributed by atoms with Crippen molar-refractivity contribution in [3.8, 4) is 0 Å². The van der Waals surface area contributed by atoms with Crippen LogP contribution in [-0.4, -0.2) is 6.04 Å². The Morgan fingerprint density at radius 3 is 2.21 bits per heavy atom. The fourth-order valence-electron chi connectivity index (χ4n) is 2.86. The molecule has 1 unspecified atom stereocenters. The third-order valence-electron chi connectivity index (χ3n) is 3.89. The summed E-state index contributed by atoms with van der Waals surface area (Å²) in [5, 5.41) is 0. The molecular weight excluding hydrogens is 172 g/mol. The molecule has 0 heterocycles. The Bertz CT molecular complexity index is 137. The molecule has 0 bridgehead atoms. The van der Waals surface area contributed by atoms with Crippen molar-refractivity contribution in [1.29, 1.82) is 0 Å². The van der Waals surface area contributed by atoms with Crippen LogP contribution in [0.5, 0.6) is 0 Å². The molecule has 14 heavy (non-hydrogen) atoms. The van der Waals surface area contributed by atoms with Crippen molar-refractivity contribution in [3.63, 3.8) is 0 Å². The van der Waals surface area contributed by atoms with Gasteiger partial charge in [0.05, 0.1) is 0 Å². The quantitative estimate of drug-likeness (QED) is 0.509. The lowest BCUT2D eigenvalue weighted by Crippen LogP contribution is -2.41. The van der Waals surface area contributed by atoms with E-state index in [4.69, 9.17) is 5.84 Å². The largest absolute Gasteiger partial charge is 0.271 e. The fourth-order valence-corrected chi connectivity index (χ4v) is 2.86. The van der Waals surface area contributed by atoms with Gasteiger partial charge in [-0.3, -0.25) is 11.3 Å². The summed E-state index contributed by atoms with van der Waals surface area (Å²) < 4.78 is 0. The normalized spacial score (nSPS) is 20.6. The summed E-state index contributed by atoms with van der Waals surface area (Å²) >= 11 is 0. The standard InChI is InChI=1S/C12H26N2/c1-3-11(4-2)12(14-13)9-10-7-5-6-8-10/h10-12,14H,3-9,13H2,1-2H3. The van der Waals surface area contributed by atoms with Gasteiger partial charge in [-0.25, -0.2) is 0 Å². The molecule has 0 saturated heterocycles. The van der Waals surface area contributed by atoms with Gasteiger partial charge >= 0.3 is 0 Å². The lowest BCUT2D eigenvalue weighted by molar-refractivity contribution is 0.281. The molecule has 0 amide bonds. The van der Waals surface area contributed by atoms with Gasteiger partial charge in [0, 0.05) is 6.04 Å². The molecule has 0 aliphatic heterocycles. The smallest absolute Gasteiger partial charge is 0.0241 e. The van der Waals surface area contributed by atoms with E-state index in [1.54, 1.807) is 0 Å². The van der Waals surface area contributed by atoms with Gasteiger partial charge in [0.25, 0.3) is 0 Å². The molecule has 0 spiro atoms. The zero-order chi connectivity index (χ0) is 10.4. The van der Waals surface area contributed by atoms with E-state index in [1.807, 2.05) is 0 Å². The Hall–Kier alpha value is -0.0800. The first-order chi connectivity index (χ1) is 6.81. The highest BCUT2D eigenvalue weighted by Crippen LogP contribution is 2.31. The van der Waals surface area contributed by atoms with Crippen LogP contribution in [0, 0.1) is 11.8 Å².